The maximum absolute atomic E-state index is 14.3. The van der Waals surface area contributed by atoms with Gasteiger partial charge in [-0.05, 0) is 26.0 Å². The van der Waals surface area contributed by atoms with Gasteiger partial charge in [0, 0.05) is 43.4 Å². The van der Waals surface area contributed by atoms with E-state index in [1.54, 1.807) is 18.2 Å². The van der Waals surface area contributed by atoms with E-state index >= 15 is 0 Å². The smallest absolute Gasteiger partial charge is 0.243 e. The van der Waals surface area contributed by atoms with Crippen molar-refractivity contribution in [2.24, 2.45) is 0 Å². The van der Waals surface area contributed by atoms with Crippen molar-refractivity contribution < 1.29 is 13.9 Å². The van der Waals surface area contributed by atoms with Crippen LogP contribution in [0.25, 0.3) is 0 Å². The molecule has 0 bridgehead atoms. The zero-order chi connectivity index (χ0) is 19.2. The summed E-state index contributed by atoms with van der Waals surface area (Å²) in [5.41, 5.74) is 2.57. The summed E-state index contributed by atoms with van der Waals surface area (Å²) in [4.78, 5) is 14.0. The molecule has 0 aromatic heterocycles. The number of ether oxygens (including phenoxy) is 1. The maximum atomic E-state index is 14.3. The van der Waals surface area contributed by atoms with E-state index in [-0.39, 0.29) is 11.7 Å². The number of para-hydroxylation sites is 1. The maximum Gasteiger partial charge on any atom is 0.243 e. The lowest BCUT2D eigenvalue weighted by molar-refractivity contribution is -0.116. The van der Waals surface area contributed by atoms with E-state index in [1.165, 1.54) is 6.07 Å². The molecule has 1 N–H and O–H groups in total. The minimum Gasteiger partial charge on any atom is -0.484 e. The van der Waals surface area contributed by atoms with Crippen molar-refractivity contribution in [3.63, 3.8) is 0 Å². The van der Waals surface area contributed by atoms with Crippen LogP contribution in [0.5, 0.6) is 5.75 Å². The first-order valence-electron chi connectivity index (χ1n) is 9.17. The molecule has 0 radical (unpaired) electrons. The van der Waals surface area contributed by atoms with Crippen LogP contribution in [0.1, 0.15) is 31.1 Å². The summed E-state index contributed by atoms with van der Waals surface area (Å²) in [6.45, 7) is 6.21. The first-order chi connectivity index (χ1) is 13.0. The van der Waals surface area contributed by atoms with Gasteiger partial charge in [-0.2, -0.15) is 0 Å². The number of nitrogens with one attached hydrogen (secondary N) is 1. The van der Waals surface area contributed by atoms with Crippen LogP contribution in [0, 0.1) is 5.82 Å². The minimum atomic E-state index is -0.400. The van der Waals surface area contributed by atoms with Crippen LogP contribution in [-0.4, -0.2) is 30.4 Å². The fourth-order valence-electron chi connectivity index (χ4n) is 3.20. The van der Waals surface area contributed by atoms with Gasteiger partial charge in [-0.1, -0.05) is 42.0 Å². The van der Waals surface area contributed by atoms with Gasteiger partial charge in [0.25, 0.3) is 0 Å². The molecule has 0 aliphatic carbocycles. The van der Waals surface area contributed by atoms with Gasteiger partial charge < -0.3 is 10.1 Å². The Hall–Kier alpha value is -2.66. The third-order valence-electron chi connectivity index (χ3n) is 4.46. The van der Waals surface area contributed by atoms with E-state index in [4.69, 9.17) is 4.74 Å². The predicted octanol–water partition coefficient (Wildman–Crippen LogP) is 3.84. The van der Waals surface area contributed by atoms with E-state index in [2.05, 4.69) is 10.2 Å². The summed E-state index contributed by atoms with van der Waals surface area (Å²) >= 11 is 0. The summed E-state index contributed by atoms with van der Waals surface area (Å²) in [6.07, 6.45) is 1.19. The first-order valence-corrected chi connectivity index (χ1v) is 9.17. The number of fused-ring (bicyclic) bond motifs is 1. The molecule has 0 fully saturated rings. The molecule has 1 atom stereocenters. The molecule has 1 aliphatic rings. The quantitative estimate of drug-likeness (QED) is 0.815. The Morgan fingerprint density at radius 3 is 2.74 bits per heavy atom. The fraction of sp³-hybridized carbons (Fsp3) is 0.318. The molecule has 0 saturated heterocycles. The Labute approximate surface area is 159 Å². The third kappa shape index (κ3) is 5.17. The zero-order valence-electron chi connectivity index (χ0n) is 15.7. The van der Waals surface area contributed by atoms with Crippen LogP contribution >= 0.6 is 0 Å². The van der Waals surface area contributed by atoms with Gasteiger partial charge >= 0.3 is 0 Å². The van der Waals surface area contributed by atoms with E-state index in [9.17, 15) is 9.18 Å². The van der Waals surface area contributed by atoms with E-state index in [0.29, 0.717) is 31.7 Å². The molecule has 4 nitrogen and oxygen atoms in total. The van der Waals surface area contributed by atoms with Crippen LogP contribution in [0.15, 0.2) is 60.2 Å². The van der Waals surface area contributed by atoms with Crippen LogP contribution in [0.2, 0.25) is 0 Å². The fourth-order valence-corrected chi connectivity index (χ4v) is 3.20. The first kappa shape index (κ1) is 19.1. The van der Waals surface area contributed by atoms with E-state index in [1.807, 2.05) is 44.2 Å². The summed E-state index contributed by atoms with van der Waals surface area (Å²) in [5.74, 6) is 0.424. The number of halogens is 1. The topological polar surface area (TPSA) is 41.6 Å². The van der Waals surface area contributed by atoms with E-state index < -0.39 is 6.10 Å². The normalized spacial score (nSPS) is 16.6. The molecule has 1 amide bonds. The van der Waals surface area contributed by atoms with Gasteiger partial charge in [0.2, 0.25) is 5.91 Å². The second-order valence-corrected chi connectivity index (χ2v) is 6.98. The molecule has 0 unspecified atom stereocenters. The lowest BCUT2D eigenvalue weighted by Crippen LogP contribution is -2.36. The number of hydrogen-bond acceptors (Lipinski definition) is 3. The largest absolute Gasteiger partial charge is 0.484 e. The van der Waals surface area contributed by atoms with Crippen LogP contribution in [-0.2, 0) is 11.3 Å². The van der Waals surface area contributed by atoms with Gasteiger partial charge in [-0.3, -0.25) is 9.69 Å². The second-order valence-electron chi connectivity index (χ2n) is 6.98. The van der Waals surface area contributed by atoms with Crippen molar-refractivity contribution in [2.75, 3.05) is 19.6 Å². The van der Waals surface area contributed by atoms with Gasteiger partial charge in [0.15, 0.2) is 0 Å². The van der Waals surface area contributed by atoms with Gasteiger partial charge in [0.05, 0.1) is 0 Å². The number of nitrogens with zero attached hydrogens (tertiary/aromatic N) is 1. The molecule has 3 rings (SSSR count). The SMILES string of the molecule is CC(C)=CC(=O)NCCN1Cc2ccccc2O[C@H](c2ccccc2F)C1. The molecule has 2 aromatic rings. The Kier molecular flexibility index (Phi) is 6.24. The Morgan fingerprint density at radius 2 is 1.96 bits per heavy atom. The summed E-state index contributed by atoms with van der Waals surface area (Å²) < 4.78 is 20.5. The summed E-state index contributed by atoms with van der Waals surface area (Å²) in [7, 11) is 0. The number of carbonyl (C=O) groups excluding carboxylic acids is 1. The highest BCUT2D eigenvalue weighted by molar-refractivity contribution is 5.87. The van der Waals surface area contributed by atoms with Crippen molar-refractivity contribution in [1.82, 2.24) is 10.2 Å². The predicted molar refractivity (Wildman–Crippen MR) is 104 cm³/mol. The molecular formula is C22H25FN2O2. The van der Waals surface area contributed by atoms with Gasteiger partial charge in [-0.15, -0.1) is 0 Å². The molecule has 2 aromatic carbocycles. The number of hydrogen-bond donors (Lipinski definition) is 1. The minimum absolute atomic E-state index is 0.0906. The number of carbonyl (C=O) groups is 1. The standard InChI is InChI=1S/C22H25FN2O2/c1-16(2)13-22(26)24-11-12-25-14-17-7-3-6-10-20(17)27-21(15-25)18-8-4-5-9-19(18)23/h3-10,13,21H,11-12,14-15H2,1-2H3,(H,24,26)/t21-/m0/s1. The Balaban J connectivity index is 1.75. The van der Waals surface area contributed by atoms with Crippen molar-refractivity contribution >= 4 is 5.91 Å². The Bertz CT molecular complexity index is 831. The van der Waals surface area contributed by atoms with Crippen molar-refractivity contribution in [2.45, 2.75) is 26.5 Å². The van der Waals surface area contributed by atoms with Crippen molar-refractivity contribution in [1.29, 1.82) is 0 Å². The van der Waals surface area contributed by atoms with Gasteiger partial charge in [-0.25, -0.2) is 4.39 Å². The molecule has 0 saturated carbocycles. The second kappa shape index (κ2) is 8.82. The highest BCUT2D eigenvalue weighted by Gasteiger charge is 2.25. The number of amides is 1. The molecule has 5 heteroatoms. The number of rotatable bonds is 5. The number of allylic oxidation sites excluding steroid dienone is 1. The van der Waals surface area contributed by atoms with Crippen molar-refractivity contribution in [3.05, 3.63) is 77.1 Å². The van der Waals surface area contributed by atoms with Crippen LogP contribution in [0.3, 0.4) is 0 Å². The molecule has 27 heavy (non-hydrogen) atoms. The average Bonchev–Trinajstić information content (AvgIpc) is 2.80. The highest BCUT2D eigenvalue weighted by atomic mass is 19.1. The van der Waals surface area contributed by atoms with E-state index in [0.717, 1.165) is 16.9 Å². The average molecular weight is 368 g/mol. The lowest BCUT2D eigenvalue weighted by atomic mass is 10.1. The highest BCUT2D eigenvalue weighted by Crippen LogP contribution is 2.31. The molecule has 1 aliphatic heterocycles. The summed E-state index contributed by atoms with van der Waals surface area (Å²) in [5, 5.41) is 2.90. The van der Waals surface area contributed by atoms with Crippen LogP contribution < -0.4 is 10.1 Å². The monoisotopic (exact) mass is 368 g/mol. The summed E-state index contributed by atoms with van der Waals surface area (Å²) in [6, 6.07) is 14.6. The molecular weight excluding hydrogens is 343 g/mol. The zero-order valence-corrected chi connectivity index (χ0v) is 15.7. The molecule has 0 spiro atoms. The molecule has 1 heterocycles. The van der Waals surface area contributed by atoms with Gasteiger partial charge in [0.1, 0.15) is 17.7 Å². The number of benzene rings is 2. The third-order valence-corrected chi connectivity index (χ3v) is 4.46. The lowest BCUT2D eigenvalue weighted by Gasteiger charge is -2.24. The Morgan fingerprint density at radius 1 is 1.22 bits per heavy atom. The van der Waals surface area contributed by atoms with Crippen LogP contribution in [0.4, 0.5) is 4.39 Å². The van der Waals surface area contributed by atoms with Crippen molar-refractivity contribution in [3.8, 4) is 5.75 Å². The molecule has 142 valence electrons.